The van der Waals surface area contributed by atoms with Crippen LogP contribution in [0.1, 0.15) is 18.9 Å². The Labute approximate surface area is 199 Å². The number of thioether (sulfide) groups is 1. The number of ether oxygens (including phenoxy) is 3. The van der Waals surface area contributed by atoms with E-state index in [0.29, 0.717) is 24.0 Å². The fourth-order valence-corrected chi connectivity index (χ4v) is 5.00. The van der Waals surface area contributed by atoms with Crippen molar-refractivity contribution in [3.8, 4) is 11.5 Å². The highest BCUT2D eigenvalue weighted by molar-refractivity contribution is 8.00. The molecule has 0 amide bonds. The lowest BCUT2D eigenvalue weighted by Gasteiger charge is -2.28. The predicted octanol–water partition coefficient (Wildman–Crippen LogP) is 5.60. The fourth-order valence-electron chi connectivity index (χ4n) is 3.84. The zero-order valence-electron chi connectivity index (χ0n) is 19.0. The largest absolute Gasteiger partial charge is 0.494 e. The topological polar surface area (TPSA) is 56.8 Å². The molecule has 4 rings (SSSR count). The second-order valence-corrected chi connectivity index (χ2v) is 9.55. The summed E-state index contributed by atoms with van der Waals surface area (Å²) in [4.78, 5) is 13.8. The van der Waals surface area contributed by atoms with Gasteiger partial charge in [0, 0.05) is 28.8 Å². The standard InChI is InChI=1S/C27H29NO4S/c1-27(26(29)30-2,32-22-8-4-3-5-9-22)18-20-12-14-21(15-13-20)31-17-16-23-19-28-24-10-6-7-11-25(24)33-23/h3-15,23,28H,16-19H2,1-2H3. The van der Waals surface area contributed by atoms with E-state index in [2.05, 4.69) is 29.6 Å². The predicted molar refractivity (Wildman–Crippen MR) is 132 cm³/mol. The molecule has 0 saturated carbocycles. The third-order valence-electron chi connectivity index (χ3n) is 5.58. The zero-order chi connectivity index (χ0) is 23.1. The van der Waals surface area contributed by atoms with Gasteiger partial charge in [0.25, 0.3) is 0 Å². The molecule has 0 spiro atoms. The number of benzene rings is 3. The Morgan fingerprint density at radius 1 is 1.00 bits per heavy atom. The number of carbonyl (C=O) groups excluding carboxylic acids is 1. The average Bonchev–Trinajstić information content (AvgIpc) is 2.85. The molecule has 1 heterocycles. The summed E-state index contributed by atoms with van der Waals surface area (Å²) in [6, 6.07) is 25.5. The Bertz CT molecular complexity index is 1060. The Hall–Kier alpha value is -3.12. The van der Waals surface area contributed by atoms with Crippen molar-refractivity contribution in [2.24, 2.45) is 0 Å². The van der Waals surface area contributed by atoms with Gasteiger partial charge in [0.1, 0.15) is 11.5 Å². The highest BCUT2D eigenvalue weighted by Crippen LogP contribution is 2.36. The second kappa shape index (κ2) is 10.7. The van der Waals surface area contributed by atoms with Gasteiger partial charge in [-0.3, -0.25) is 0 Å². The summed E-state index contributed by atoms with van der Waals surface area (Å²) in [7, 11) is 1.38. The molecule has 0 bridgehead atoms. The number of fused-ring (bicyclic) bond motifs is 1. The number of carbonyl (C=O) groups is 1. The van der Waals surface area contributed by atoms with Gasteiger partial charge in [-0.05, 0) is 55.3 Å². The molecular formula is C27H29NO4S. The van der Waals surface area contributed by atoms with E-state index in [1.54, 1.807) is 6.92 Å². The number of hydrogen-bond donors (Lipinski definition) is 1. The van der Waals surface area contributed by atoms with Gasteiger partial charge in [0.05, 0.1) is 13.7 Å². The smallest absolute Gasteiger partial charge is 0.350 e. The summed E-state index contributed by atoms with van der Waals surface area (Å²) in [5, 5.41) is 3.98. The van der Waals surface area contributed by atoms with Crippen molar-refractivity contribution < 1.29 is 19.0 Å². The zero-order valence-corrected chi connectivity index (χ0v) is 19.8. The van der Waals surface area contributed by atoms with Gasteiger partial charge in [0.15, 0.2) is 0 Å². The molecule has 1 aliphatic heterocycles. The van der Waals surface area contributed by atoms with Crippen molar-refractivity contribution in [3.05, 3.63) is 84.4 Å². The molecule has 5 nitrogen and oxygen atoms in total. The summed E-state index contributed by atoms with van der Waals surface area (Å²) in [6.45, 7) is 3.35. The normalized spacial score (nSPS) is 16.6. The van der Waals surface area contributed by atoms with Crippen LogP contribution < -0.4 is 14.8 Å². The maximum absolute atomic E-state index is 12.5. The first-order chi connectivity index (χ1) is 16.1. The SMILES string of the molecule is COC(=O)C(C)(Cc1ccc(OCCC2CNc3ccccc3S2)cc1)Oc1ccccc1. The second-order valence-electron chi connectivity index (χ2n) is 8.21. The Morgan fingerprint density at radius 2 is 1.73 bits per heavy atom. The Kier molecular flexibility index (Phi) is 7.45. The third kappa shape index (κ3) is 6.02. The van der Waals surface area contributed by atoms with Crippen molar-refractivity contribution >= 4 is 23.4 Å². The maximum atomic E-state index is 12.5. The summed E-state index contributed by atoms with van der Waals surface area (Å²) in [5.41, 5.74) is 1.06. The van der Waals surface area contributed by atoms with Gasteiger partial charge in [0.2, 0.25) is 5.60 Å². The van der Waals surface area contributed by atoms with E-state index in [-0.39, 0.29) is 0 Å². The first kappa shape index (κ1) is 23.1. The molecule has 0 fully saturated rings. The van der Waals surface area contributed by atoms with Gasteiger partial charge in [-0.25, -0.2) is 4.79 Å². The van der Waals surface area contributed by atoms with Crippen LogP contribution in [0.15, 0.2) is 83.8 Å². The first-order valence-corrected chi connectivity index (χ1v) is 12.0. The van der Waals surface area contributed by atoms with Crippen molar-refractivity contribution in [1.29, 1.82) is 0 Å². The summed E-state index contributed by atoms with van der Waals surface area (Å²) in [6.07, 6.45) is 1.34. The first-order valence-electron chi connectivity index (χ1n) is 11.1. The quantitative estimate of drug-likeness (QED) is 0.417. The monoisotopic (exact) mass is 463 g/mol. The van der Waals surface area contributed by atoms with Crippen LogP contribution in [0, 0.1) is 0 Å². The number of rotatable bonds is 9. The molecule has 2 unspecified atom stereocenters. The highest BCUT2D eigenvalue weighted by Gasteiger charge is 2.37. The van der Waals surface area contributed by atoms with Crippen LogP contribution in [0.2, 0.25) is 0 Å². The molecule has 3 aromatic carbocycles. The van der Waals surface area contributed by atoms with Crippen molar-refractivity contribution in [2.45, 2.75) is 35.5 Å². The lowest BCUT2D eigenvalue weighted by Crippen LogP contribution is -2.44. The minimum atomic E-state index is -1.13. The minimum Gasteiger partial charge on any atom is -0.494 e. The molecule has 3 aromatic rings. The third-order valence-corrected chi connectivity index (χ3v) is 6.92. The van der Waals surface area contributed by atoms with Gasteiger partial charge >= 0.3 is 5.97 Å². The molecule has 6 heteroatoms. The van der Waals surface area contributed by atoms with Crippen LogP contribution in [0.4, 0.5) is 5.69 Å². The maximum Gasteiger partial charge on any atom is 0.350 e. The molecule has 1 aliphatic rings. The van der Waals surface area contributed by atoms with E-state index in [0.717, 1.165) is 24.3 Å². The summed E-state index contributed by atoms with van der Waals surface area (Å²) in [5.74, 6) is 1.03. The van der Waals surface area contributed by atoms with E-state index < -0.39 is 11.6 Å². The number of hydrogen-bond acceptors (Lipinski definition) is 6. The number of nitrogens with one attached hydrogen (secondary N) is 1. The number of para-hydroxylation sites is 2. The van der Waals surface area contributed by atoms with E-state index >= 15 is 0 Å². The molecular weight excluding hydrogens is 434 g/mol. The molecule has 0 aliphatic carbocycles. The number of esters is 1. The van der Waals surface area contributed by atoms with Crippen LogP contribution in [0.3, 0.4) is 0 Å². The number of methoxy groups -OCH3 is 1. The van der Waals surface area contributed by atoms with Gasteiger partial charge in [-0.1, -0.05) is 42.5 Å². The van der Waals surface area contributed by atoms with Crippen LogP contribution in [-0.2, 0) is 16.0 Å². The molecule has 0 saturated heterocycles. The average molecular weight is 464 g/mol. The van der Waals surface area contributed by atoms with Gasteiger partial charge in [-0.15, -0.1) is 11.8 Å². The van der Waals surface area contributed by atoms with E-state index in [9.17, 15) is 4.79 Å². The molecule has 2 atom stereocenters. The molecule has 172 valence electrons. The summed E-state index contributed by atoms with van der Waals surface area (Å²) >= 11 is 1.91. The van der Waals surface area contributed by atoms with Crippen molar-refractivity contribution in [1.82, 2.24) is 0 Å². The minimum absolute atomic E-state index is 0.388. The number of anilines is 1. The van der Waals surface area contributed by atoms with E-state index in [1.807, 2.05) is 66.4 Å². The molecule has 1 N–H and O–H groups in total. The molecule has 33 heavy (non-hydrogen) atoms. The van der Waals surface area contributed by atoms with Gasteiger partial charge < -0.3 is 19.5 Å². The lowest BCUT2D eigenvalue weighted by molar-refractivity contribution is -0.157. The van der Waals surface area contributed by atoms with Crippen molar-refractivity contribution in [2.75, 3.05) is 25.6 Å². The van der Waals surface area contributed by atoms with Crippen LogP contribution in [0.5, 0.6) is 11.5 Å². The molecule has 0 aromatic heterocycles. The van der Waals surface area contributed by atoms with Gasteiger partial charge in [-0.2, -0.15) is 0 Å². The lowest BCUT2D eigenvalue weighted by atomic mass is 9.96. The van der Waals surface area contributed by atoms with E-state index in [4.69, 9.17) is 14.2 Å². The fraction of sp³-hybridized carbons (Fsp3) is 0.296. The summed E-state index contributed by atoms with van der Waals surface area (Å²) < 4.78 is 17.0. The van der Waals surface area contributed by atoms with Crippen LogP contribution in [-0.4, -0.2) is 37.1 Å². The van der Waals surface area contributed by atoms with Crippen LogP contribution >= 0.6 is 11.8 Å². The van der Waals surface area contributed by atoms with Crippen LogP contribution in [0.25, 0.3) is 0 Å². The molecule has 0 radical (unpaired) electrons. The Morgan fingerprint density at radius 3 is 2.48 bits per heavy atom. The highest BCUT2D eigenvalue weighted by atomic mass is 32.2. The van der Waals surface area contributed by atoms with E-state index in [1.165, 1.54) is 17.7 Å². The Balaban J connectivity index is 1.31. The van der Waals surface area contributed by atoms with Crippen molar-refractivity contribution in [3.63, 3.8) is 0 Å².